The van der Waals surface area contributed by atoms with E-state index in [9.17, 15) is 14.3 Å². The van der Waals surface area contributed by atoms with E-state index in [1.807, 2.05) is 0 Å². The van der Waals surface area contributed by atoms with E-state index >= 15 is 0 Å². The Hall–Kier alpha value is -3.56. The molecule has 3 aromatic heterocycles. The fourth-order valence-corrected chi connectivity index (χ4v) is 2.95. The Bertz CT molecular complexity index is 1260. The normalized spacial score (nSPS) is 10.8. The van der Waals surface area contributed by atoms with Gasteiger partial charge in [-0.2, -0.15) is 10.1 Å². The maximum absolute atomic E-state index is 13.4. The van der Waals surface area contributed by atoms with Crippen LogP contribution in [0.25, 0.3) is 16.9 Å². The third kappa shape index (κ3) is 4.07. The maximum atomic E-state index is 13.4. The number of hydrogen-bond donors (Lipinski definition) is 2. The van der Waals surface area contributed by atoms with Crippen LogP contribution in [0.3, 0.4) is 0 Å². The zero-order valence-electron chi connectivity index (χ0n) is 14.9. The van der Waals surface area contributed by atoms with Crippen LogP contribution < -0.4 is 5.32 Å². The van der Waals surface area contributed by atoms with Gasteiger partial charge in [0.1, 0.15) is 5.82 Å². The van der Waals surface area contributed by atoms with E-state index in [1.54, 1.807) is 6.20 Å². The molecule has 1 aromatic carbocycles. The summed E-state index contributed by atoms with van der Waals surface area (Å²) in [7, 11) is 0. The van der Waals surface area contributed by atoms with Crippen LogP contribution in [0.2, 0.25) is 10.0 Å². The number of carbonyl (C=O) groups is 1. The summed E-state index contributed by atoms with van der Waals surface area (Å²) >= 11 is 11.8. The number of pyridine rings is 1. The molecule has 0 fully saturated rings. The second-order valence-corrected chi connectivity index (χ2v) is 6.90. The standard InChI is InChI=1S/C19H11Cl2FN6O2/c20-12-7-25-28(9-12)17-14(10-3-11(18(29)30)6-23-5-10)8-24-19(27-17)26-13-1-2-16(22)15(21)4-13/h1-9H,(H,29,30)(H,24,26,27). The number of rotatable bonds is 5. The van der Waals surface area contributed by atoms with Crippen LogP contribution in [0.5, 0.6) is 0 Å². The third-order valence-electron chi connectivity index (χ3n) is 4.01. The van der Waals surface area contributed by atoms with Crippen LogP contribution in [0.15, 0.2) is 55.2 Å². The molecule has 0 bridgehead atoms. The fraction of sp³-hybridized carbons (Fsp3) is 0. The Morgan fingerprint density at radius 1 is 1.13 bits per heavy atom. The van der Waals surface area contributed by atoms with Gasteiger partial charge in [0.05, 0.1) is 28.0 Å². The Morgan fingerprint density at radius 2 is 1.97 bits per heavy atom. The van der Waals surface area contributed by atoms with Crippen molar-refractivity contribution in [3.05, 3.63) is 76.7 Å². The number of halogens is 3. The van der Waals surface area contributed by atoms with Crippen molar-refractivity contribution in [3.8, 4) is 16.9 Å². The lowest BCUT2D eigenvalue weighted by Crippen LogP contribution is -2.06. The summed E-state index contributed by atoms with van der Waals surface area (Å²) in [6.07, 6.45) is 7.21. The van der Waals surface area contributed by atoms with Crippen molar-refractivity contribution in [2.24, 2.45) is 0 Å². The Labute approximate surface area is 179 Å². The maximum Gasteiger partial charge on any atom is 0.337 e. The molecule has 0 radical (unpaired) electrons. The molecule has 8 nitrogen and oxygen atoms in total. The molecule has 0 saturated carbocycles. The first-order chi connectivity index (χ1) is 14.4. The summed E-state index contributed by atoms with van der Waals surface area (Å²) in [6, 6.07) is 5.56. The van der Waals surface area contributed by atoms with E-state index < -0.39 is 11.8 Å². The zero-order chi connectivity index (χ0) is 21.3. The third-order valence-corrected chi connectivity index (χ3v) is 4.49. The lowest BCUT2D eigenvalue weighted by atomic mass is 10.1. The molecular weight excluding hydrogens is 434 g/mol. The highest BCUT2D eigenvalue weighted by atomic mass is 35.5. The molecule has 30 heavy (non-hydrogen) atoms. The Kier molecular flexibility index (Phi) is 5.30. The topological polar surface area (TPSA) is 106 Å². The number of hydrogen-bond acceptors (Lipinski definition) is 6. The molecule has 11 heteroatoms. The first-order valence-corrected chi connectivity index (χ1v) is 9.14. The number of nitrogens with one attached hydrogen (secondary N) is 1. The predicted molar refractivity (Wildman–Crippen MR) is 109 cm³/mol. The highest BCUT2D eigenvalue weighted by Gasteiger charge is 2.15. The largest absolute Gasteiger partial charge is 0.478 e. The minimum absolute atomic E-state index is 0.0140. The summed E-state index contributed by atoms with van der Waals surface area (Å²) in [5.41, 5.74) is 1.45. The van der Waals surface area contributed by atoms with Crippen molar-refractivity contribution >= 4 is 40.8 Å². The van der Waals surface area contributed by atoms with Crippen molar-refractivity contribution < 1.29 is 14.3 Å². The summed E-state index contributed by atoms with van der Waals surface area (Å²) < 4.78 is 14.8. The molecule has 0 unspecified atom stereocenters. The van der Waals surface area contributed by atoms with Crippen molar-refractivity contribution in [2.75, 3.05) is 5.32 Å². The molecule has 0 aliphatic carbocycles. The number of nitrogens with zero attached hydrogens (tertiary/aromatic N) is 5. The first kappa shape index (κ1) is 19.7. The van der Waals surface area contributed by atoms with E-state index in [2.05, 4.69) is 25.4 Å². The van der Waals surface area contributed by atoms with E-state index in [0.717, 1.165) is 0 Å². The van der Waals surface area contributed by atoms with Gasteiger partial charge in [-0.1, -0.05) is 23.2 Å². The summed E-state index contributed by atoms with van der Waals surface area (Å²) in [4.78, 5) is 24.0. The lowest BCUT2D eigenvalue weighted by Gasteiger charge is -2.12. The second kappa shape index (κ2) is 8.05. The molecule has 0 amide bonds. The average Bonchev–Trinajstić information content (AvgIpc) is 3.17. The van der Waals surface area contributed by atoms with Crippen molar-refractivity contribution in [2.45, 2.75) is 0 Å². The van der Waals surface area contributed by atoms with E-state index in [0.29, 0.717) is 27.7 Å². The first-order valence-electron chi connectivity index (χ1n) is 8.39. The van der Waals surface area contributed by atoms with Gasteiger partial charge in [0.25, 0.3) is 0 Å². The monoisotopic (exact) mass is 444 g/mol. The number of aromatic carboxylic acids is 1. The van der Waals surface area contributed by atoms with Crippen LogP contribution >= 0.6 is 23.2 Å². The number of anilines is 2. The quantitative estimate of drug-likeness (QED) is 0.462. The second-order valence-electron chi connectivity index (χ2n) is 6.06. The minimum Gasteiger partial charge on any atom is -0.478 e. The van der Waals surface area contributed by atoms with Gasteiger partial charge in [-0.15, -0.1) is 0 Å². The Morgan fingerprint density at radius 3 is 2.67 bits per heavy atom. The number of benzene rings is 1. The molecule has 3 heterocycles. The average molecular weight is 445 g/mol. The fourth-order valence-electron chi connectivity index (χ4n) is 2.64. The van der Waals surface area contributed by atoms with Gasteiger partial charge in [0, 0.05) is 35.4 Å². The van der Waals surface area contributed by atoms with E-state index in [-0.39, 0.29) is 16.5 Å². The Balaban J connectivity index is 1.80. The minimum atomic E-state index is -1.11. The molecule has 4 aromatic rings. The van der Waals surface area contributed by atoms with Crippen LogP contribution in [-0.4, -0.2) is 35.8 Å². The van der Waals surface area contributed by atoms with Gasteiger partial charge in [0.2, 0.25) is 5.95 Å². The van der Waals surface area contributed by atoms with Gasteiger partial charge in [0.15, 0.2) is 5.82 Å². The molecule has 4 rings (SSSR count). The molecule has 150 valence electrons. The van der Waals surface area contributed by atoms with Gasteiger partial charge in [-0.3, -0.25) is 4.98 Å². The molecule has 0 atom stereocenters. The van der Waals surface area contributed by atoms with Crippen LogP contribution in [0.1, 0.15) is 10.4 Å². The lowest BCUT2D eigenvalue weighted by molar-refractivity contribution is 0.0696. The van der Waals surface area contributed by atoms with Gasteiger partial charge in [-0.25, -0.2) is 18.9 Å². The van der Waals surface area contributed by atoms with E-state index in [4.69, 9.17) is 23.2 Å². The highest BCUT2D eigenvalue weighted by Crippen LogP contribution is 2.28. The smallest absolute Gasteiger partial charge is 0.337 e. The number of carboxylic acid groups (broad SMARTS) is 1. The number of carboxylic acids is 1. The number of aromatic nitrogens is 5. The molecule has 0 saturated heterocycles. The van der Waals surface area contributed by atoms with Gasteiger partial charge in [-0.05, 0) is 24.3 Å². The van der Waals surface area contributed by atoms with Crippen molar-refractivity contribution in [1.29, 1.82) is 0 Å². The van der Waals surface area contributed by atoms with Crippen LogP contribution in [0.4, 0.5) is 16.0 Å². The molecule has 0 spiro atoms. The molecular formula is C19H11Cl2FN6O2. The van der Waals surface area contributed by atoms with E-state index in [1.165, 1.54) is 53.7 Å². The predicted octanol–water partition coefficient (Wildman–Crippen LogP) is 4.61. The summed E-state index contributed by atoms with van der Waals surface area (Å²) in [6.45, 7) is 0. The van der Waals surface area contributed by atoms with Crippen molar-refractivity contribution in [3.63, 3.8) is 0 Å². The summed E-state index contributed by atoms with van der Waals surface area (Å²) in [5.74, 6) is -1.14. The van der Waals surface area contributed by atoms with Gasteiger partial charge >= 0.3 is 5.97 Å². The summed E-state index contributed by atoms with van der Waals surface area (Å²) in [5, 5.41) is 16.7. The highest BCUT2D eigenvalue weighted by molar-refractivity contribution is 6.31. The van der Waals surface area contributed by atoms with Crippen LogP contribution in [0, 0.1) is 5.82 Å². The van der Waals surface area contributed by atoms with Gasteiger partial charge < -0.3 is 10.4 Å². The molecule has 2 N–H and O–H groups in total. The molecule has 0 aliphatic rings. The molecule has 0 aliphatic heterocycles. The van der Waals surface area contributed by atoms with Crippen LogP contribution in [-0.2, 0) is 0 Å². The SMILES string of the molecule is O=C(O)c1cncc(-c2cnc(Nc3ccc(F)c(Cl)c3)nc2-n2cc(Cl)cn2)c1. The zero-order valence-corrected chi connectivity index (χ0v) is 16.4. The van der Waals surface area contributed by atoms with Crippen molar-refractivity contribution in [1.82, 2.24) is 24.7 Å².